The van der Waals surface area contributed by atoms with Crippen LogP contribution in [0.3, 0.4) is 0 Å². The van der Waals surface area contributed by atoms with Crippen LogP contribution in [-0.2, 0) is 17.9 Å². The molecule has 2 heterocycles. The third-order valence-corrected chi connectivity index (χ3v) is 3.76. The van der Waals surface area contributed by atoms with Crippen molar-refractivity contribution in [1.29, 1.82) is 0 Å². The number of likely N-dealkylation sites (tertiary alicyclic amines) is 1. The molecular weight excluding hydrogens is 226 g/mol. The Kier molecular flexibility index (Phi) is 3.37. The summed E-state index contributed by atoms with van der Waals surface area (Å²) >= 11 is 0. The van der Waals surface area contributed by atoms with Gasteiger partial charge in [-0.15, -0.1) is 0 Å². The minimum absolute atomic E-state index is 0.254. The lowest BCUT2D eigenvalue weighted by atomic mass is 10.3. The first-order valence-corrected chi connectivity index (χ1v) is 6.97. The van der Waals surface area contributed by atoms with Crippen LogP contribution in [0, 0.1) is 0 Å². The second kappa shape index (κ2) is 5.14. The molecule has 2 aliphatic rings. The molecule has 98 valence electrons. The molecule has 1 saturated heterocycles. The molecule has 1 amide bonds. The second-order valence-electron chi connectivity index (χ2n) is 5.44. The van der Waals surface area contributed by atoms with Gasteiger partial charge in [-0.05, 0) is 37.3 Å². The van der Waals surface area contributed by atoms with Crippen molar-refractivity contribution in [2.45, 2.75) is 44.8 Å². The van der Waals surface area contributed by atoms with Gasteiger partial charge < -0.3 is 14.8 Å². The van der Waals surface area contributed by atoms with Gasteiger partial charge in [0.1, 0.15) is 6.54 Å². The number of hydrogen-bond donors (Lipinski definition) is 1. The summed E-state index contributed by atoms with van der Waals surface area (Å²) in [7, 11) is 0. The Hall–Kier alpha value is -1.29. The van der Waals surface area contributed by atoms with Crippen LogP contribution in [0.5, 0.6) is 0 Å². The van der Waals surface area contributed by atoms with E-state index in [0.717, 1.165) is 38.5 Å². The van der Waals surface area contributed by atoms with Crippen molar-refractivity contribution in [3.63, 3.8) is 0 Å². The number of aromatic nitrogens is 1. The van der Waals surface area contributed by atoms with Gasteiger partial charge in [-0.2, -0.15) is 0 Å². The molecule has 0 unspecified atom stereocenters. The number of rotatable bonds is 5. The molecule has 0 bridgehead atoms. The molecular formula is C14H21N3O. The first kappa shape index (κ1) is 11.8. The fourth-order valence-corrected chi connectivity index (χ4v) is 2.47. The van der Waals surface area contributed by atoms with Crippen LogP contribution in [0.4, 0.5) is 0 Å². The van der Waals surface area contributed by atoms with Crippen molar-refractivity contribution < 1.29 is 4.79 Å². The Morgan fingerprint density at radius 1 is 1.33 bits per heavy atom. The Balaban J connectivity index is 1.50. The van der Waals surface area contributed by atoms with Crippen LogP contribution in [0.2, 0.25) is 0 Å². The topological polar surface area (TPSA) is 37.3 Å². The van der Waals surface area contributed by atoms with Crippen LogP contribution in [-0.4, -0.2) is 34.5 Å². The molecule has 2 fully saturated rings. The third kappa shape index (κ3) is 2.93. The van der Waals surface area contributed by atoms with E-state index in [1.54, 1.807) is 0 Å². The number of nitrogens with one attached hydrogen (secondary N) is 1. The predicted molar refractivity (Wildman–Crippen MR) is 70.1 cm³/mol. The van der Waals surface area contributed by atoms with E-state index in [-0.39, 0.29) is 5.91 Å². The maximum atomic E-state index is 12.0. The molecule has 1 aromatic rings. The van der Waals surface area contributed by atoms with Crippen molar-refractivity contribution >= 4 is 5.91 Å². The van der Waals surface area contributed by atoms with Crippen LogP contribution >= 0.6 is 0 Å². The molecule has 0 spiro atoms. The molecule has 1 aliphatic heterocycles. The zero-order valence-corrected chi connectivity index (χ0v) is 10.8. The molecule has 4 heteroatoms. The van der Waals surface area contributed by atoms with Gasteiger partial charge >= 0.3 is 0 Å². The van der Waals surface area contributed by atoms with Crippen LogP contribution in [0.25, 0.3) is 0 Å². The van der Waals surface area contributed by atoms with Gasteiger partial charge in [0, 0.05) is 38.1 Å². The van der Waals surface area contributed by atoms with Crippen molar-refractivity contribution in [1.82, 2.24) is 14.8 Å². The first-order valence-electron chi connectivity index (χ1n) is 6.97. The summed E-state index contributed by atoms with van der Waals surface area (Å²) in [5.41, 5.74) is 1.27. The van der Waals surface area contributed by atoms with E-state index in [9.17, 15) is 4.79 Å². The van der Waals surface area contributed by atoms with Gasteiger partial charge in [-0.3, -0.25) is 4.79 Å². The quantitative estimate of drug-likeness (QED) is 0.853. The van der Waals surface area contributed by atoms with Gasteiger partial charge in [0.05, 0.1) is 0 Å². The Bertz CT molecular complexity index is 416. The van der Waals surface area contributed by atoms with Gasteiger partial charge in [0.15, 0.2) is 0 Å². The fourth-order valence-electron chi connectivity index (χ4n) is 2.47. The summed E-state index contributed by atoms with van der Waals surface area (Å²) < 4.78 is 2.00. The Morgan fingerprint density at radius 3 is 2.83 bits per heavy atom. The lowest BCUT2D eigenvalue weighted by molar-refractivity contribution is -0.130. The highest BCUT2D eigenvalue weighted by Crippen LogP contribution is 2.19. The standard InChI is InChI=1S/C14H21N3O/c18-14(17-6-1-2-7-17)11-16-8-5-12(10-16)9-15-13-3-4-13/h5,8,10,13,15H,1-4,6-7,9,11H2. The molecule has 4 nitrogen and oxygen atoms in total. The number of nitrogens with zero attached hydrogens (tertiary/aromatic N) is 2. The van der Waals surface area contributed by atoms with Crippen LogP contribution in [0.1, 0.15) is 31.2 Å². The third-order valence-electron chi connectivity index (χ3n) is 3.76. The van der Waals surface area contributed by atoms with Gasteiger partial charge in [-0.1, -0.05) is 0 Å². The number of carbonyl (C=O) groups is 1. The second-order valence-corrected chi connectivity index (χ2v) is 5.44. The zero-order chi connectivity index (χ0) is 12.4. The molecule has 1 N–H and O–H groups in total. The molecule has 0 aromatic carbocycles. The molecule has 1 saturated carbocycles. The predicted octanol–water partition coefficient (Wildman–Crippen LogP) is 1.36. The largest absolute Gasteiger partial charge is 0.345 e. The lowest BCUT2D eigenvalue weighted by Gasteiger charge is -2.15. The molecule has 3 rings (SSSR count). The van der Waals surface area contributed by atoms with E-state index in [1.807, 2.05) is 15.7 Å². The van der Waals surface area contributed by atoms with Crippen molar-refractivity contribution in [2.75, 3.05) is 13.1 Å². The summed E-state index contributed by atoms with van der Waals surface area (Å²) in [6, 6.07) is 2.84. The molecule has 1 aliphatic carbocycles. The summed E-state index contributed by atoms with van der Waals surface area (Å²) in [6.07, 6.45) is 9.05. The van der Waals surface area contributed by atoms with E-state index in [2.05, 4.69) is 17.6 Å². The average molecular weight is 247 g/mol. The first-order chi connectivity index (χ1) is 8.81. The summed E-state index contributed by atoms with van der Waals surface area (Å²) in [4.78, 5) is 14.0. The average Bonchev–Trinajstić information content (AvgIpc) is 2.88. The summed E-state index contributed by atoms with van der Waals surface area (Å²) in [5.74, 6) is 0.254. The van der Waals surface area contributed by atoms with E-state index >= 15 is 0 Å². The Morgan fingerprint density at radius 2 is 2.11 bits per heavy atom. The highest BCUT2D eigenvalue weighted by Gasteiger charge is 2.20. The van der Waals surface area contributed by atoms with Gasteiger partial charge in [0.2, 0.25) is 5.91 Å². The number of amides is 1. The highest BCUT2D eigenvalue weighted by atomic mass is 16.2. The zero-order valence-electron chi connectivity index (χ0n) is 10.8. The maximum Gasteiger partial charge on any atom is 0.242 e. The monoisotopic (exact) mass is 247 g/mol. The normalized spacial score (nSPS) is 19.4. The Labute approximate surface area is 108 Å². The number of hydrogen-bond acceptors (Lipinski definition) is 2. The molecule has 0 radical (unpaired) electrons. The van der Waals surface area contributed by atoms with Crippen LogP contribution in [0.15, 0.2) is 18.5 Å². The maximum absolute atomic E-state index is 12.0. The smallest absolute Gasteiger partial charge is 0.242 e. The van der Waals surface area contributed by atoms with Gasteiger partial charge in [-0.25, -0.2) is 0 Å². The SMILES string of the molecule is O=C(Cn1ccc(CNC2CC2)c1)N1CCCC1. The number of carbonyl (C=O) groups excluding carboxylic acids is 1. The molecule has 18 heavy (non-hydrogen) atoms. The fraction of sp³-hybridized carbons (Fsp3) is 0.643. The minimum Gasteiger partial charge on any atom is -0.345 e. The van der Waals surface area contributed by atoms with Gasteiger partial charge in [0.25, 0.3) is 0 Å². The van der Waals surface area contributed by atoms with E-state index in [4.69, 9.17) is 0 Å². The van der Waals surface area contributed by atoms with Crippen LogP contribution < -0.4 is 5.32 Å². The molecule has 0 atom stereocenters. The van der Waals surface area contributed by atoms with E-state index in [1.165, 1.54) is 18.4 Å². The van der Waals surface area contributed by atoms with Crippen molar-refractivity contribution in [2.24, 2.45) is 0 Å². The summed E-state index contributed by atoms with van der Waals surface area (Å²) in [6.45, 7) is 3.30. The van der Waals surface area contributed by atoms with Crippen molar-refractivity contribution in [3.8, 4) is 0 Å². The van der Waals surface area contributed by atoms with Crippen molar-refractivity contribution in [3.05, 3.63) is 24.0 Å². The van der Waals surface area contributed by atoms with E-state index < -0.39 is 0 Å². The van der Waals surface area contributed by atoms with E-state index in [0.29, 0.717) is 6.54 Å². The molecule has 1 aromatic heterocycles. The summed E-state index contributed by atoms with van der Waals surface area (Å²) in [5, 5.41) is 3.49. The lowest BCUT2D eigenvalue weighted by Crippen LogP contribution is -2.30. The minimum atomic E-state index is 0.254. The highest BCUT2D eigenvalue weighted by molar-refractivity contribution is 5.76.